The first-order chi connectivity index (χ1) is 11.8. The van der Waals surface area contributed by atoms with Crippen molar-refractivity contribution in [1.82, 2.24) is 0 Å². The second-order valence-electron chi connectivity index (χ2n) is 7.10. The van der Waals surface area contributed by atoms with Gasteiger partial charge in [-0.3, -0.25) is 4.79 Å². The smallest absolute Gasteiger partial charge is 0.314 e. The van der Waals surface area contributed by atoms with Gasteiger partial charge in [0.2, 0.25) is 0 Å². The van der Waals surface area contributed by atoms with Gasteiger partial charge in [0, 0.05) is 21.7 Å². The minimum atomic E-state index is -0.956. The van der Waals surface area contributed by atoms with Gasteiger partial charge >= 0.3 is 5.97 Å². The highest BCUT2D eigenvalue weighted by atomic mass is 32.1. The lowest BCUT2D eigenvalue weighted by Crippen LogP contribution is -2.34. The van der Waals surface area contributed by atoms with E-state index in [1.165, 1.54) is 5.56 Å². The molecule has 1 heterocycles. The van der Waals surface area contributed by atoms with E-state index in [-0.39, 0.29) is 0 Å². The molecule has 1 aromatic heterocycles. The molecule has 0 saturated heterocycles. The molecular formula is C21H23NO2S. The van der Waals surface area contributed by atoms with Crippen molar-refractivity contribution in [2.75, 3.05) is 5.73 Å². The molecule has 3 aromatic rings. The Hall–Kier alpha value is -2.33. The van der Waals surface area contributed by atoms with E-state index < -0.39 is 11.4 Å². The molecule has 3 nitrogen and oxygen atoms in total. The van der Waals surface area contributed by atoms with Gasteiger partial charge in [-0.25, -0.2) is 0 Å². The summed E-state index contributed by atoms with van der Waals surface area (Å²) in [5.74, 6) is -0.375. The summed E-state index contributed by atoms with van der Waals surface area (Å²) >= 11 is 1.63. The van der Waals surface area contributed by atoms with Crippen molar-refractivity contribution in [2.24, 2.45) is 0 Å². The van der Waals surface area contributed by atoms with Crippen molar-refractivity contribution in [3.63, 3.8) is 0 Å². The molecule has 25 heavy (non-hydrogen) atoms. The summed E-state index contributed by atoms with van der Waals surface area (Å²) in [7, 11) is 0. The number of anilines is 1. The van der Waals surface area contributed by atoms with Crippen molar-refractivity contribution in [3.8, 4) is 0 Å². The maximum atomic E-state index is 12.1. The quantitative estimate of drug-likeness (QED) is 0.620. The Kier molecular flexibility index (Phi) is 4.56. The molecule has 0 aliphatic carbocycles. The Morgan fingerprint density at radius 1 is 1.16 bits per heavy atom. The van der Waals surface area contributed by atoms with Gasteiger partial charge in [0.15, 0.2) is 0 Å². The van der Waals surface area contributed by atoms with E-state index in [2.05, 4.69) is 19.9 Å². The number of aliphatic carboxylic acids is 1. The Morgan fingerprint density at radius 2 is 1.84 bits per heavy atom. The van der Waals surface area contributed by atoms with Gasteiger partial charge in [-0.05, 0) is 53.6 Å². The molecule has 0 amide bonds. The minimum absolute atomic E-state index is 0.429. The Morgan fingerprint density at radius 3 is 2.44 bits per heavy atom. The molecule has 3 N–H and O–H groups in total. The third-order valence-corrected chi connectivity index (χ3v) is 5.92. The molecule has 0 spiro atoms. The van der Waals surface area contributed by atoms with Gasteiger partial charge in [-0.15, -0.1) is 11.3 Å². The Labute approximate surface area is 152 Å². The summed E-state index contributed by atoms with van der Waals surface area (Å²) in [5.41, 5.74) is 7.67. The van der Waals surface area contributed by atoms with Crippen molar-refractivity contribution in [1.29, 1.82) is 0 Å². The Bertz CT molecular complexity index is 911. The molecule has 1 unspecified atom stereocenters. The topological polar surface area (TPSA) is 63.3 Å². The summed E-state index contributed by atoms with van der Waals surface area (Å²) in [5, 5.41) is 11.0. The fourth-order valence-electron chi connectivity index (χ4n) is 3.09. The molecule has 0 saturated carbocycles. The van der Waals surface area contributed by atoms with Crippen LogP contribution < -0.4 is 5.73 Å². The lowest BCUT2D eigenvalue weighted by Gasteiger charge is -2.25. The first kappa shape index (κ1) is 17.5. The summed E-state index contributed by atoms with van der Waals surface area (Å²) in [6, 6.07) is 15.8. The van der Waals surface area contributed by atoms with Crippen LogP contribution in [0.3, 0.4) is 0 Å². The number of nitrogen functional groups attached to an aromatic ring is 1. The van der Waals surface area contributed by atoms with Gasteiger partial charge in [0.25, 0.3) is 0 Å². The largest absolute Gasteiger partial charge is 0.481 e. The van der Waals surface area contributed by atoms with Crippen LogP contribution in [0.4, 0.5) is 5.69 Å². The second kappa shape index (κ2) is 6.52. The highest BCUT2D eigenvalue weighted by Gasteiger charge is 2.36. The molecule has 0 radical (unpaired) electrons. The Balaban J connectivity index is 1.97. The zero-order valence-electron chi connectivity index (χ0n) is 14.7. The molecule has 4 heteroatoms. The number of carboxylic acids is 1. The number of fused-ring (bicyclic) bond motifs is 1. The second-order valence-corrected chi connectivity index (χ2v) is 8.27. The molecular weight excluding hydrogens is 330 g/mol. The number of carboxylic acid groups (broad SMARTS) is 1. The lowest BCUT2D eigenvalue weighted by molar-refractivity contribution is -0.143. The van der Waals surface area contributed by atoms with Crippen LogP contribution >= 0.6 is 11.3 Å². The van der Waals surface area contributed by atoms with Crippen molar-refractivity contribution >= 4 is 33.1 Å². The molecule has 0 aliphatic rings. The molecule has 0 fully saturated rings. The summed E-state index contributed by atoms with van der Waals surface area (Å²) in [4.78, 5) is 13.2. The zero-order chi connectivity index (χ0) is 18.2. The van der Waals surface area contributed by atoms with Crippen molar-refractivity contribution in [2.45, 2.75) is 38.5 Å². The van der Waals surface area contributed by atoms with E-state index >= 15 is 0 Å². The van der Waals surface area contributed by atoms with Gasteiger partial charge in [-0.2, -0.15) is 0 Å². The van der Waals surface area contributed by atoms with Gasteiger partial charge in [0.05, 0.1) is 5.41 Å². The van der Waals surface area contributed by atoms with E-state index in [1.54, 1.807) is 18.3 Å². The number of carbonyl (C=O) groups is 1. The highest BCUT2D eigenvalue weighted by molar-refractivity contribution is 7.19. The third kappa shape index (κ3) is 3.40. The van der Waals surface area contributed by atoms with Crippen molar-refractivity contribution < 1.29 is 9.90 Å². The number of hydrogen-bond acceptors (Lipinski definition) is 3. The minimum Gasteiger partial charge on any atom is -0.481 e. The van der Waals surface area contributed by atoms with Crippen LogP contribution in [0.15, 0.2) is 48.5 Å². The molecule has 0 aliphatic heterocycles. The molecule has 0 bridgehead atoms. The standard InChI is InChI=1S/C21H23NO2S/c1-13(2)14-4-6-16(7-5-14)21(3,20(23)24)12-18-11-15-10-17(22)8-9-19(15)25-18/h4-11,13H,12,22H2,1-3H3,(H,23,24). The molecule has 2 aromatic carbocycles. The SMILES string of the molecule is CC(C)c1ccc(C(C)(Cc2cc3cc(N)ccc3s2)C(=O)O)cc1. The number of nitrogens with two attached hydrogens (primary N) is 1. The van der Waals surface area contributed by atoms with Crippen LogP contribution in [0.25, 0.3) is 10.1 Å². The average Bonchev–Trinajstić information content (AvgIpc) is 2.95. The monoisotopic (exact) mass is 353 g/mol. The fourth-order valence-corrected chi connectivity index (χ4v) is 4.29. The normalized spacial score (nSPS) is 13.9. The van der Waals surface area contributed by atoms with E-state index in [0.29, 0.717) is 12.3 Å². The average molecular weight is 353 g/mol. The number of rotatable bonds is 5. The predicted molar refractivity (Wildman–Crippen MR) is 105 cm³/mol. The summed E-state index contributed by atoms with van der Waals surface area (Å²) in [6.07, 6.45) is 0.461. The van der Waals surface area contributed by atoms with Gasteiger partial charge < -0.3 is 10.8 Å². The van der Waals surface area contributed by atoms with Crippen molar-refractivity contribution in [3.05, 3.63) is 64.5 Å². The molecule has 130 valence electrons. The first-order valence-electron chi connectivity index (χ1n) is 8.41. The fraction of sp³-hybridized carbons (Fsp3) is 0.286. The zero-order valence-corrected chi connectivity index (χ0v) is 15.6. The van der Waals surface area contributed by atoms with Crippen LogP contribution in [-0.2, 0) is 16.6 Å². The third-order valence-electron chi connectivity index (χ3n) is 4.81. The van der Waals surface area contributed by atoms with Gasteiger partial charge in [0.1, 0.15) is 0 Å². The van der Waals surface area contributed by atoms with E-state index in [0.717, 1.165) is 26.2 Å². The van der Waals surface area contributed by atoms with Crippen LogP contribution in [0.2, 0.25) is 0 Å². The maximum Gasteiger partial charge on any atom is 0.314 e. The van der Waals surface area contributed by atoms with Crippen LogP contribution in [0, 0.1) is 0 Å². The van der Waals surface area contributed by atoms with Crippen LogP contribution in [0.1, 0.15) is 42.7 Å². The number of hydrogen-bond donors (Lipinski definition) is 2. The highest BCUT2D eigenvalue weighted by Crippen LogP contribution is 2.35. The van der Waals surface area contributed by atoms with Crippen LogP contribution in [0.5, 0.6) is 0 Å². The first-order valence-corrected chi connectivity index (χ1v) is 9.23. The van der Waals surface area contributed by atoms with E-state index in [1.807, 2.05) is 42.5 Å². The maximum absolute atomic E-state index is 12.1. The van der Waals surface area contributed by atoms with Crippen LogP contribution in [-0.4, -0.2) is 11.1 Å². The number of benzene rings is 2. The van der Waals surface area contributed by atoms with E-state index in [9.17, 15) is 9.90 Å². The van der Waals surface area contributed by atoms with E-state index in [4.69, 9.17) is 5.73 Å². The number of thiophene rings is 1. The predicted octanol–water partition coefficient (Wildman–Crippen LogP) is 5.19. The molecule has 1 atom stereocenters. The summed E-state index contributed by atoms with van der Waals surface area (Å²) < 4.78 is 1.13. The molecule has 3 rings (SSSR count). The lowest BCUT2D eigenvalue weighted by atomic mass is 9.78. The summed E-state index contributed by atoms with van der Waals surface area (Å²) in [6.45, 7) is 6.07. The van der Waals surface area contributed by atoms with Gasteiger partial charge in [-0.1, -0.05) is 38.1 Å².